The van der Waals surface area contributed by atoms with E-state index in [0.717, 1.165) is 0 Å². The van der Waals surface area contributed by atoms with Gasteiger partial charge in [0.2, 0.25) is 0 Å². The molecule has 0 aliphatic heterocycles. The third kappa shape index (κ3) is 6.29. The van der Waals surface area contributed by atoms with Crippen molar-refractivity contribution in [2.75, 3.05) is 25.6 Å². The van der Waals surface area contributed by atoms with E-state index in [0.29, 0.717) is 25.6 Å². The first-order valence-corrected chi connectivity index (χ1v) is 3.84. The normalized spacial score (nSPS) is 13.5. The Morgan fingerprint density at radius 1 is 1.40 bits per heavy atom. The molecule has 0 saturated carbocycles. The minimum atomic E-state index is -0.192. The smallest absolute Gasteiger partial charge is 0.154 e. The van der Waals surface area contributed by atoms with Crippen molar-refractivity contribution in [2.24, 2.45) is 5.73 Å². The lowest BCUT2D eigenvalue weighted by Gasteiger charge is -2.11. The molecule has 0 aliphatic rings. The quantitative estimate of drug-likeness (QED) is 0.465. The summed E-state index contributed by atoms with van der Waals surface area (Å²) in [5.41, 5.74) is 5.20. The van der Waals surface area contributed by atoms with Crippen molar-refractivity contribution in [3.63, 3.8) is 0 Å². The molecule has 0 amide bonds. The zero-order chi connectivity index (χ0) is 7.82. The van der Waals surface area contributed by atoms with Crippen molar-refractivity contribution in [1.29, 1.82) is 0 Å². The van der Waals surface area contributed by atoms with Crippen LogP contribution < -0.4 is 5.73 Å². The molecule has 10 heavy (non-hydrogen) atoms. The fourth-order valence-electron chi connectivity index (χ4n) is 0.493. The van der Waals surface area contributed by atoms with E-state index < -0.39 is 0 Å². The largest absolute Gasteiger partial charge is 0.352 e. The maximum Gasteiger partial charge on any atom is 0.154 e. The van der Waals surface area contributed by atoms with Gasteiger partial charge in [-0.05, 0) is 6.92 Å². The molecule has 4 heteroatoms. The molecule has 3 nitrogen and oxygen atoms in total. The van der Waals surface area contributed by atoms with Crippen LogP contribution in [0.1, 0.15) is 6.92 Å². The number of rotatable bonds is 6. The highest BCUT2D eigenvalue weighted by Crippen LogP contribution is 1.92. The highest BCUT2D eigenvalue weighted by Gasteiger charge is 1.98. The van der Waals surface area contributed by atoms with Crippen LogP contribution in [-0.4, -0.2) is 31.9 Å². The molecule has 0 heterocycles. The second-order valence-corrected chi connectivity index (χ2v) is 2.16. The number of hydrogen-bond donors (Lipinski definition) is 1. The van der Waals surface area contributed by atoms with Gasteiger partial charge in [-0.3, -0.25) is 0 Å². The summed E-state index contributed by atoms with van der Waals surface area (Å²) in [6.07, 6.45) is -0.192. The molecule has 62 valence electrons. The molecular weight excluding hydrogens is 154 g/mol. The molecular formula is C6H14ClNO2. The molecule has 0 fully saturated rings. The first-order chi connectivity index (χ1) is 4.81. The Morgan fingerprint density at radius 2 is 2.00 bits per heavy atom. The lowest BCUT2D eigenvalue weighted by molar-refractivity contribution is -0.124. The van der Waals surface area contributed by atoms with E-state index in [1.807, 2.05) is 6.92 Å². The van der Waals surface area contributed by atoms with E-state index in [-0.39, 0.29) is 6.29 Å². The molecule has 0 aromatic rings. The van der Waals surface area contributed by atoms with Crippen molar-refractivity contribution in [2.45, 2.75) is 13.2 Å². The van der Waals surface area contributed by atoms with Gasteiger partial charge in [-0.1, -0.05) is 0 Å². The molecule has 0 saturated heterocycles. The van der Waals surface area contributed by atoms with Crippen molar-refractivity contribution in [1.82, 2.24) is 0 Å². The van der Waals surface area contributed by atoms with E-state index in [2.05, 4.69) is 0 Å². The topological polar surface area (TPSA) is 44.5 Å². The molecule has 0 spiro atoms. The number of nitrogens with two attached hydrogens (primary N) is 1. The summed E-state index contributed by atoms with van der Waals surface area (Å²) in [5.74, 6) is 0.496. The standard InChI is InChI=1S/C6H14ClNO2/c1-6(9-4-2-7)10-5-3-8/h6H,2-5,8H2,1H3. The van der Waals surface area contributed by atoms with Crippen LogP contribution in [0.5, 0.6) is 0 Å². The molecule has 2 N–H and O–H groups in total. The summed E-state index contributed by atoms with van der Waals surface area (Å²) in [4.78, 5) is 0. The molecule has 0 aliphatic carbocycles. The van der Waals surface area contributed by atoms with Gasteiger partial charge in [0, 0.05) is 12.4 Å². The van der Waals surface area contributed by atoms with Crippen LogP contribution in [0.2, 0.25) is 0 Å². The highest BCUT2D eigenvalue weighted by atomic mass is 35.5. The minimum Gasteiger partial charge on any atom is -0.352 e. The predicted molar refractivity (Wildman–Crippen MR) is 41.1 cm³/mol. The maximum absolute atomic E-state index is 5.37. The van der Waals surface area contributed by atoms with Crippen molar-refractivity contribution in [3.8, 4) is 0 Å². The molecule has 0 bridgehead atoms. The summed E-state index contributed by atoms with van der Waals surface area (Å²) in [7, 11) is 0. The Bertz CT molecular complexity index is 64.8. The Hall–Kier alpha value is 0.170. The summed E-state index contributed by atoms with van der Waals surface area (Å²) in [5, 5.41) is 0. The highest BCUT2D eigenvalue weighted by molar-refractivity contribution is 6.17. The number of ether oxygens (including phenoxy) is 2. The first-order valence-electron chi connectivity index (χ1n) is 3.30. The Labute approximate surface area is 66.4 Å². The van der Waals surface area contributed by atoms with Gasteiger partial charge >= 0.3 is 0 Å². The Kier molecular flexibility index (Phi) is 7.40. The summed E-state index contributed by atoms with van der Waals surface area (Å²) >= 11 is 5.37. The lowest BCUT2D eigenvalue weighted by Crippen LogP contribution is -2.18. The van der Waals surface area contributed by atoms with Gasteiger partial charge in [0.15, 0.2) is 6.29 Å². The SMILES string of the molecule is CC(OCCN)OCCCl. The molecule has 0 aromatic carbocycles. The van der Waals surface area contributed by atoms with Crippen LogP contribution >= 0.6 is 11.6 Å². The van der Waals surface area contributed by atoms with Gasteiger partial charge in [-0.25, -0.2) is 0 Å². The first kappa shape index (κ1) is 10.2. The van der Waals surface area contributed by atoms with Crippen molar-refractivity contribution >= 4 is 11.6 Å². The van der Waals surface area contributed by atoms with Gasteiger partial charge in [0.25, 0.3) is 0 Å². The fourth-order valence-corrected chi connectivity index (χ4v) is 0.582. The van der Waals surface area contributed by atoms with Gasteiger partial charge in [0.05, 0.1) is 13.2 Å². The van der Waals surface area contributed by atoms with Crippen molar-refractivity contribution in [3.05, 3.63) is 0 Å². The zero-order valence-corrected chi connectivity index (χ0v) is 6.93. The molecule has 1 atom stereocenters. The lowest BCUT2D eigenvalue weighted by atomic mass is 10.7. The third-order valence-electron chi connectivity index (χ3n) is 0.900. The van der Waals surface area contributed by atoms with Gasteiger partial charge in [-0.15, -0.1) is 11.6 Å². The van der Waals surface area contributed by atoms with E-state index in [1.54, 1.807) is 0 Å². The minimum absolute atomic E-state index is 0.192. The monoisotopic (exact) mass is 167 g/mol. The van der Waals surface area contributed by atoms with E-state index in [9.17, 15) is 0 Å². The van der Waals surface area contributed by atoms with E-state index >= 15 is 0 Å². The summed E-state index contributed by atoms with van der Waals surface area (Å²) in [6, 6.07) is 0. The van der Waals surface area contributed by atoms with Crippen LogP contribution in [-0.2, 0) is 9.47 Å². The van der Waals surface area contributed by atoms with E-state index in [4.69, 9.17) is 26.8 Å². The van der Waals surface area contributed by atoms with E-state index in [1.165, 1.54) is 0 Å². The Morgan fingerprint density at radius 3 is 2.50 bits per heavy atom. The third-order valence-corrected chi connectivity index (χ3v) is 1.05. The average molecular weight is 168 g/mol. The molecule has 1 unspecified atom stereocenters. The number of alkyl halides is 1. The summed E-state index contributed by atoms with van der Waals surface area (Å²) in [6.45, 7) is 3.40. The molecule has 0 aromatic heterocycles. The Balaban J connectivity index is 3.00. The second kappa shape index (κ2) is 7.28. The zero-order valence-electron chi connectivity index (χ0n) is 6.18. The second-order valence-electron chi connectivity index (χ2n) is 1.79. The van der Waals surface area contributed by atoms with Crippen LogP contribution in [0.25, 0.3) is 0 Å². The van der Waals surface area contributed by atoms with Crippen LogP contribution in [0, 0.1) is 0 Å². The number of hydrogen-bond acceptors (Lipinski definition) is 3. The molecule has 0 radical (unpaired) electrons. The van der Waals surface area contributed by atoms with Crippen LogP contribution in [0.4, 0.5) is 0 Å². The molecule has 0 rings (SSSR count). The maximum atomic E-state index is 5.37. The van der Waals surface area contributed by atoms with Crippen molar-refractivity contribution < 1.29 is 9.47 Å². The predicted octanol–water partition coefficient (Wildman–Crippen LogP) is 0.563. The average Bonchev–Trinajstić information content (AvgIpc) is 1.97. The fraction of sp³-hybridized carbons (Fsp3) is 1.00. The van der Waals surface area contributed by atoms with Gasteiger partial charge in [-0.2, -0.15) is 0 Å². The van der Waals surface area contributed by atoms with Gasteiger partial charge < -0.3 is 15.2 Å². The van der Waals surface area contributed by atoms with Crippen LogP contribution in [0.3, 0.4) is 0 Å². The van der Waals surface area contributed by atoms with Gasteiger partial charge in [0.1, 0.15) is 0 Å². The summed E-state index contributed by atoms with van der Waals surface area (Å²) < 4.78 is 10.2. The number of halogens is 1. The van der Waals surface area contributed by atoms with Crippen LogP contribution in [0.15, 0.2) is 0 Å².